The molecule has 1 aliphatic rings. The molecule has 1 fully saturated rings. The van der Waals surface area contributed by atoms with E-state index in [9.17, 15) is 9.59 Å². The fraction of sp³-hybridized carbons (Fsp3) is 0.320. The van der Waals surface area contributed by atoms with Crippen molar-refractivity contribution in [3.8, 4) is 0 Å². The highest BCUT2D eigenvalue weighted by molar-refractivity contribution is 6.06. The highest BCUT2D eigenvalue weighted by atomic mass is 16.5. The number of rotatable bonds is 6. The zero-order chi connectivity index (χ0) is 22.5. The van der Waals surface area contributed by atoms with E-state index >= 15 is 0 Å². The number of aromatic nitrogens is 1. The average molecular weight is 434 g/mol. The second-order valence-corrected chi connectivity index (χ2v) is 7.70. The fourth-order valence-electron chi connectivity index (χ4n) is 3.94. The van der Waals surface area contributed by atoms with Gasteiger partial charge in [-0.2, -0.15) is 0 Å². The summed E-state index contributed by atoms with van der Waals surface area (Å²) in [6.07, 6.45) is 0.706. The van der Waals surface area contributed by atoms with E-state index in [-0.39, 0.29) is 12.5 Å². The van der Waals surface area contributed by atoms with Crippen LogP contribution in [0.2, 0.25) is 0 Å². The van der Waals surface area contributed by atoms with E-state index in [0.717, 1.165) is 54.2 Å². The molecule has 1 N–H and O–H groups in total. The summed E-state index contributed by atoms with van der Waals surface area (Å²) < 4.78 is 10.7. The van der Waals surface area contributed by atoms with Gasteiger partial charge in [0.1, 0.15) is 0 Å². The molecule has 0 saturated carbocycles. The van der Waals surface area contributed by atoms with E-state index in [0.29, 0.717) is 17.7 Å². The molecule has 3 aromatic rings. The normalized spacial score (nSPS) is 13.8. The number of hydrogen-bond donors (Lipinski definition) is 1. The van der Waals surface area contributed by atoms with Crippen molar-refractivity contribution < 1.29 is 19.1 Å². The van der Waals surface area contributed by atoms with E-state index in [2.05, 4.69) is 15.2 Å². The van der Waals surface area contributed by atoms with Gasteiger partial charge in [0.25, 0.3) is 5.91 Å². The number of nitrogens with one attached hydrogen (secondary N) is 1. The zero-order valence-corrected chi connectivity index (χ0v) is 18.4. The first-order valence-corrected chi connectivity index (χ1v) is 10.8. The summed E-state index contributed by atoms with van der Waals surface area (Å²) in [6.45, 7) is 6.64. The predicted molar refractivity (Wildman–Crippen MR) is 124 cm³/mol. The zero-order valence-electron chi connectivity index (χ0n) is 18.4. The third kappa shape index (κ3) is 4.73. The van der Waals surface area contributed by atoms with Crippen molar-refractivity contribution in [1.82, 2.24) is 4.98 Å². The Morgan fingerprint density at radius 3 is 2.53 bits per heavy atom. The topological polar surface area (TPSA) is 80.8 Å². The van der Waals surface area contributed by atoms with Crippen molar-refractivity contribution in [1.29, 1.82) is 0 Å². The predicted octanol–water partition coefficient (Wildman–Crippen LogP) is 3.74. The van der Waals surface area contributed by atoms with Crippen LogP contribution in [0, 0.1) is 6.92 Å². The van der Waals surface area contributed by atoms with E-state index in [1.54, 1.807) is 0 Å². The van der Waals surface area contributed by atoms with Crippen LogP contribution < -0.4 is 10.2 Å². The van der Waals surface area contributed by atoms with Crippen molar-refractivity contribution in [2.75, 3.05) is 43.1 Å². The van der Waals surface area contributed by atoms with Crippen LogP contribution in [0.15, 0.2) is 48.5 Å². The molecule has 2 heterocycles. The largest absolute Gasteiger partial charge is 0.452 e. The van der Waals surface area contributed by atoms with E-state index in [1.165, 1.54) is 0 Å². The Kier molecular flexibility index (Phi) is 6.66. The van der Waals surface area contributed by atoms with Gasteiger partial charge in [-0.15, -0.1) is 0 Å². The molecule has 32 heavy (non-hydrogen) atoms. The lowest BCUT2D eigenvalue weighted by Gasteiger charge is -2.28. The monoisotopic (exact) mass is 433 g/mol. The molecule has 2 aromatic carbocycles. The van der Waals surface area contributed by atoms with Gasteiger partial charge >= 0.3 is 5.97 Å². The number of esters is 1. The lowest BCUT2D eigenvalue weighted by molar-refractivity contribution is -0.119. The minimum Gasteiger partial charge on any atom is -0.452 e. The fourth-order valence-corrected chi connectivity index (χ4v) is 3.94. The van der Waals surface area contributed by atoms with Gasteiger partial charge in [0.05, 0.1) is 24.3 Å². The molecular weight excluding hydrogens is 406 g/mol. The quantitative estimate of drug-likeness (QED) is 0.597. The second-order valence-electron chi connectivity index (χ2n) is 7.70. The summed E-state index contributed by atoms with van der Waals surface area (Å²) in [6, 6.07) is 15.1. The van der Waals surface area contributed by atoms with Crippen LogP contribution in [0.1, 0.15) is 28.5 Å². The molecule has 0 aliphatic carbocycles. The number of para-hydroxylation sites is 1. The molecule has 1 saturated heterocycles. The SMILES string of the molecule is CCc1nc2ccccc2c(C(=O)OCC(=O)Nc2ccc(N3CCOCC3)cc2)c1C. The van der Waals surface area contributed by atoms with Crippen molar-refractivity contribution in [3.05, 3.63) is 65.4 Å². The number of amides is 1. The average Bonchev–Trinajstić information content (AvgIpc) is 2.83. The summed E-state index contributed by atoms with van der Waals surface area (Å²) in [5.41, 5.74) is 4.59. The van der Waals surface area contributed by atoms with Gasteiger partial charge < -0.3 is 19.7 Å². The number of carbonyl (C=O) groups excluding carboxylic acids is 2. The maximum atomic E-state index is 12.9. The summed E-state index contributed by atoms with van der Waals surface area (Å²) in [4.78, 5) is 32.1. The third-order valence-corrected chi connectivity index (χ3v) is 5.64. The molecule has 0 spiro atoms. The summed E-state index contributed by atoms with van der Waals surface area (Å²) in [5, 5.41) is 3.51. The second kappa shape index (κ2) is 9.78. The molecule has 7 nitrogen and oxygen atoms in total. The van der Waals surface area contributed by atoms with Gasteiger partial charge in [-0.1, -0.05) is 25.1 Å². The van der Waals surface area contributed by atoms with Crippen LogP contribution in [0.3, 0.4) is 0 Å². The molecule has 1 amide bonds. The Labute approximate surface area is 187 Å². The van der Waals surface area contributed by atoms with E-state index < -0.39 is 5.97 Å². The molecule has 166 valence electrons. The Morgan fingerprint density at radius 1 is 1.09 bits per heavy atom. The molecule has 1 aliphatic heterocycles. The van der Waals surface area contributed by atoms with Crippen molar-refractivity contribution >= 4 is 34.2 Å². The maximum Gasteiger partial charge on any atom is 0.339 e. The highest BCUT2D eigenvalue weighted by Crippen LogP contribution is 2.24. The first-order valence-electron chi connectivity index (χ1n) is 10.8. The number of aryl methyl sites for hydroxylation is 1. The number of ether oxygens (including phenoxy) is 2. The van der Waals surface area contributed by atoms with Gasteiger partial charge in [0.15, 0.2) is 6.61 Å². The van der Waals surface area contributed by atoms with Gasteiger partial charge in [-0.25, -0.2) is 4.79 Å². The summed E-state index contributed by atoms with van der Waals surface area (Å²) >= 11 is 0. The molecule has 0 atom stereocenters. The molecule has 7 heteroatoms. The Morgan fingerprint density at radius 2 is 1.81 bits per heavy atom. The molecule has 0 bridgehead atoms. The van der Waals surface area contributed by atoms with Crippen molar-refractivity contribution in [2.24, 2.45) is 0 Å². The molecule has 0 unspecified atom stereocenters. The van der Waals surface area contributed by atoms with Gasteiger partial charge in [0, 0.05) is 35.5 Å². The smallest absolute Gasteiger partial charge is 0.339 e. The van der Waals surface area contributed by atoms with Gasteiger partial charge in [-0.05, 0) is 49.2 Å². The minimum atomic E-state index is -0.520. The Bertz CT molecular complexity index is 1120. The summed E-state index contributed by atoms with van der Waals surface area (Å²) in [7, 11) is 0. The number of pyridine rings is 1. The Balaban J connectivity index is 1.40. The molecule has 1 aromatic heterocycles. The number of nitrogens with zero attached hydrogens (tertiary/aromatic N) is 2. The number of fused-ring (bicyclic) bond motifs is 1. The first-order chi connectivity index (χ1) is 15.6. The highest BCUT2D eigenvalue weighted by Gasteiger charge is 2.19. The van der Waals surface area contributed by atoms with E-state index in [1.807, 2.05) is 62.4 Å². The molecule has 4 rings (SSSR count). The van der Waals surface area contributed by atoms with Crippen LogP contribution in [0.5, 0.6) is 0 Å². The van der Waals surface area contributed by atoms with Crippen LogP contribution in [-0.4, -0.2) is 49.8 Å². The molecule has 0 radical (unpaired) electrons. The lowest BCUT2D eigenvalue weighted by Crippen LogP contribution is -2.36. The third-order valence-electron chi connectivity index (χ3n) is 5.64. The Hall–Kier alpha value is -3.45. The molecular formula is C25H27N3O4. The maximum absolute atomic E-state index is 12.9. The van der Waals surface area contributed by atoms with E-state index in [4.69, 9.17) is 9.47 Å². The summed E-state index contributed by atoms with van der Waals surface area (Å²) in [5.74, 6) is -0.905. The number of carbonyl (C=O) groups is 2. The first kappa shape index (κ1) is 21.8. The standard InChI is InChI=1S/C25H27N3O4/c1-3-21-17(2)24(20-6-4-5-7-22(20)27-21)25(30)32-16-23(29)26-18-8-10-19(11-9-18)28-12-14-31-15-13-28/h4-11H,3,12-16H2,1-2H3,(H,26,29). The number of morpholine rings is 1. The van der Waals surface area contributed by atoms with Gasteiger partial charge in [-0.3, -0.25) is 9.78 Å². The van der Waals surface area contributed by atoms with Crippen LogP contribution in [0.4, 0.5) is 11.4 Å². The van der Waals surface area contributed by atoms with Crippen molar-refractivity contribution in [3.63, 3.8) is 0 Å². The van der Waals surface area contributed by atoms with Crippen LogP contribution in [0.25, 0.3) is 10.9 Å². The lowest BCUT2D eigenvalue weighted by atomic mass is 10.0. The number of benzene rings is 2. The van der Waals surface area contributed by atoms with Crippen molar-refractivity contribution in [2.45, 2.75) is 20.3 Å². The van der Waals surface area contributed by atoms with Crippen LogP contribution >= 0.6 is 0 Å². The number of anilines is 2. The minimum absolute atomic E-state index is 0.360. The van der Waals surface area contributed by atoms with Gasteiger partial charge in [0.2, 0.25) is 0 Å². The van der Waals surface area contributed by atoms with Crippen LogP contribution in [-0.2, 0) is 20.7 Å². The number of hydrogen-bond acceptors (Lipinski definition) is 6.